The minimum absolute atomic E-state index is 0.117. The van der Waals surface area contributed by atoms with Crippen molar-refractivity contribution in [2.75, 3.05) is 0 Å². The molecule has 0 aliphatic rings. The van der Waals surface area contributed by atoms with E-state index in [2.05, 4.69) is 5.32 Å². The summed E-state index contributed by atoms with van der Waals surface area (Å²) in [6.45, 7) is 3.84. The van der Waals surface area contributed by atoms with Gasteiger partial charge < -0.3 is 10.4 Å². The summed E-state index contributed by atoms with van der Waals surface area (Å²) in [5, 5.41) is 12.0. The van der Waals surface area contributed by atoms with Crippen LogP contribution in [0.2, 0.25) is 0 Å². The summed E-state index contributed by atoms with van der Waals surface area (Å²) in [5.41, 5.74) is 1.06. The average Bonchev–Trinajstić information content (AvgIpc) is 2.26. The topological polar surface area (TPSA) is 49.3 Å². The molecule has 1 amide bonds. The van der Waals surface area contributed by atoms with Crippen molar-refractivity contribution in [3.63, 3.8) is 0 Å². The van der Waals surface area contributed by atoms with Gasteiger partial charge in [0.15, 0.2) is 0 Å². The van der Waals surface area contributed by atoms with Crippen LogP contribution in [0.5, 0.6) is 0 Å². The van der Waals surface area contributed by atoms with Crippen LogP contribution in [0.25, 0.3) is 0 Å². The fraction of sp³-hybridized carbons (Fsp3) is 0.417. The van der Waals surface area contributed by atoms with Crippen LogP contribution in [0.3, 0.4) is 0 Å². The van der Waals surface area contributed by atoms with Gasteiger partial charge in [-0.25, -0.2) is 0 Å². The second-order valence-corrected chi connectivity index (χ2v) is 3.73. The highest BCUT2D eigenvalue weighted by molar-refractivity contribution is 5.78. The lowest BCUT2D eigenvalue weighted by molar-refractivity contribution is -0.127. The summed E-state index contributed by atoms with van der Waals surface area (Å²) < 4.78 is 0. The number of amides is 1. The number of benzene rings is 1. The quantitative estimate of drug-likeness (QED) is 0.782. The van der Waals surface area contributed by atoms with Crippen LogP contribution in [0.4, 0.5) is 0 Å². The predicted octanol–water partition coefficient (Wildman–Crippen LogP) is 1.32. The molecule has 0 bridgehead atoms. The lowest BCUT2D eigenvalue weighted by Gasteiger charge is -2.14. The molecule has 0 spiro atoms. The van der Waals surface area contributed by atoms with Gasteiger partial charge in [0.2, 0.25) is 5.91 Å². The molecular weight excluding hydrogens is 190 g/mol. The van der Waals surface area contributed by atoms with E-state index in [0.29, 0.717) is 6.54 Å². The van der Waals surface area contributed by atoms with Gasteiger partial charge in [-0.1, -0.05) is 37.3 Å². The van der Waals surface area contributed by atoms with Crippen LogP contribution in [0, 0.1) is 5.92 Å². The molecule has 0 aromatic heterocycles. The Balaban J connectivity index is 2.41. The average molecular weight is 207 g/mol. The Hall–Kier alpha value is -1.35. The van der Waals surface area contributed by atoms with Crippen molar-refractivity contribution in [1.82, 2.24) is 5.32 Å². The first-order valence-corrected chi connectivity index (χ1v) is 5.11. The molecule has 0 aliphatic carbocycles. The van der Waals surface area contributed by atoms with Gasteiger partial charge in [-0.2, -0.15) is 0 Å². The second-order valence-electron chi connectivity index (χ2n) is 3.73. The van der Waals surface area contributed by atoms with E-state index in [-0.39, 0.29) is 11.8 Å². The zero-order valence-electron chi connectivity index (χ0n) is 9.10. The Labute approximate surface area is 90.1 Å². The van der Waals surface area contributed by atoms with E-state index in [1.54, 1.807) is 13.8 Å². The first-order chi connectivity index (χ1) is 7.11. The third-order valence-electron chi connectivity index (χ3n) is 2.45. The molecule has 0 saturated heterocycles. The number of nitrogens with one attached hydrogen (secondary N) is 1. The van der Waals surface area contributed by atoms with Gasteiger partial charge in [0.05, 0.1) is 12.0 Å². The van der Waals surface area contributed by atoms with Gasteiger partial charge in [-0.15, -0.1) is 0 Å². The number of aliphatic hydroxyl groups is 1. The molecule has 0 aliphatic heterocycles. The fourth-order valence-corrected chi connectivity index (χ4v) is 1.17. The third kappa shape index (κ3) is 3.72. The number of carbonyl (C=O) groups excluding carboxylic acids is 1. The predicted molar refractivity (Wildman–Crippen MR) is 59.1 cm³/mol. The molecule has 1 aromatic carbocycles. The number of carbonyl (C=O) groups is 1. The maximum Gasteiger partial charge on any atom is 0.225 e. The highest BCUT2D eigenvalue weighted by Crippen LogP contribution is 2.03. The zero-order chi connectivity index (χ0) is 11.3. The van der Waals surface area contributed by atoms with Crippen LogP contribution in [0.15, 0.2) is 30.3 Å². The van der Waals surface area contributed by atoms with E-state index in [4.69, 9.17) is 0 Å². The van der Waals surface area contributed by atoms with Crippen molar-refractivity contribution in [3.05, 3.63) is 35.9 Å². The van der Waals surface area contributed by atoms with Crippen LogP contribution in [-0.4, -0.2) is 17.1 Å². The molecule has 3 nitrogen and oxygen atoms in total. The molecule has 0 fully saturated rings. The van der Waals surface area contributed by atoms with E-state index >= 15 is 0 Å². The maximum atomic E-state index is 11.5. The van der Waals surface area contributed by atoms with Gasteiger partial charge in [-0.3, -0.25) is 4.79 Å². The molecule has 2 atom stereocenters. The lowest BCUT2D eigenvalue weighted by atomic mass is 10.1. The van der Waals surface area contributed by atoms with Crippen LogP contribution < -0.4 is 5.32 Å². The largest absolute Gasteiger partial charge is 0.393 e. The van der Waals surface area contributed by atoms with E-state index in [9.17, 15) is 9.90 Å². The smallest absolute Gasteiger partial charge is 0.225 e. The van der Waals surface area contributed by atoms with E-state index < -0.39 is 6.10 Å². The summed E-state index contributed by atoms with van der Waals surface area (Å²) in [4.78, 5) is 11.5. The lowest BCUT2D eigenvalue weighted by Crippen LogP contribution is -2.34. The Kier molecular flexibility index (Phi) is 4.31. The molecule has 15 heavy (non-hydrogen) atoms. The maximum absolute atomic E-state index is 11.5. The standard InChI is InChI=1S/C12H17NO2/c1-9(10(2)14)12(15)13-8-11-6-4-3-5-7-11/h3-7,9-10,14H,8H2,1-2H3,(H,13,15). The third-order valence-corrected chi connectivity index (χ3v) is 2.45. The molecule has 3 heteroatoms. The van der Waals surface area contributed by atoms with Crippen molar-refractivity contribution in [1.29, 1.82) is 0 Å². The number of hydrogen-bond acceptors (Lipinski definition) is 2. The number of hydrogen-bond donors (Lipinski definition) is 2. The molecule has 0 heterocycles. The van der Waals surface area contributed by atoms with Gasteiger partial charge in [-0.05, 0) is 12.5 Å². The van der Waals surface area contributed by atoms with Crippen LogP contribution >= 0.6 is 0 Å². The minimum atomic E-state index is -0.610. The second kappa shape index (κ2) is 5.51. The summed E-state index contributed by atoms with van der Waals surface area (Å²) in [5.74, 6) is -0.484. The number of rotatable bonds is 4. The molecule has 2 unspecified atom stereocenters. The van der Waals surface area contributed by atoms with Crippen molar-refractivity contribution in [2.24, 2.45) is 5.92 Å². The normalized spacial score (nSPS) is 14.3. The van der Waals surface area contributed by atoms with Gasteiger partial charge in [0, 0.05) is 6.54 Å². The van der Waals surface area contributed by atoms with Crippen molar-refractivity contribution >= 4 is 5.91 Å². The number of aliphatic hydroxyl groups excluding tert-OH is 1. The molecule has 1 rings (SSSR count). The van der Waals surface area contributed by atoms with E-state index in [1.165, 1.54) is 0 Å². The molecular formula is C12H17NO2. The van der Waals surface area contributed by atoms with Crippen LogP contribution in [0.1, 0.15) is 19.4 Å². The van der Waals surface area contributed by atoms with E-state index in [0.717, 1.165) is 5.56 Å². The van der Waals surface area contributed by atoms with Crippen molar-refractivity contribution < 1.29 is 9.90 Å². The van der Waals surface area contributed by atoms with Crippen molar-refractivity contribution in [2.45, 2.75) is 26.5 Å². The zero-order valence-corrected chi connectivity index (χ0v) is 9.10. The minimum Gasteiger partial charge on any atom is -0.393 e. The van der Waals surface area contributed by atoms with Crippen LogP contribution in [-0.2, 0) is 11.3 Å². The Bertz CT molecular complexity index is 309. The SMILES string of the molecule is CC(O)C(C)C(=O)NCc1ccccc1. The molecule has 0 saturated carbocycles. The van der Waals surface area contributed by atoms with Gasteiger partial charge >= 0.3 is 0 Å². The first kappa shape index (κ1) is 11.7. The Morgan fingerprint density at radius 2 is 1.93 bits per heavy atom. The summed E-state index contributed by atoms with van der Waals surface area (Å²) in [7, 11) is 0. The van der Waals surface area contributed by atoms with Crippen molar-refractivity contribution in [3.8, 4) is 0 Å². The molecule has 1 aromatic rings. The molecule has 2 N–H and O–H groups in total. The van der Waals surface area contributed by atoms with E-state index in [1.807, 2.05) is 30.3 Å². The monoisotopic (exact) mass is 207 g/mol. The molecule has 0 radical (unpaired) electrons. The summed E-state index contributed by atoms with van der Waals surface area (Å²) in [6.07, 6.45) is -0.610. The highest BCUT2D eigenvalue weighted by Gasteiger charge is 2.17. The first-order valence-electron chi connectivity index (χ1n) is 5.11. The molecule has 82 valence electrons. The highest BCUT2D eigenvalue weighted by atomic mass is 16.3. The van der Waals surface area contributed by atoms with Gasteiger partial charge in [0.25, 0.3) is 0 Å². The summed E-state index contributed by atoms with van der Waals surface area (Å²) >= 11 is 0. The Morgan fingerprint density at radius 3 is 2.47 bits per heavy atom. The Morgan fingerprint density at radius 1 is 1.33 bits per heavy atom. The fourth-order valence-electron chi connectivity index (χ4n) is 1.17. The van der Waals surface area contributed by atoms with Gasteiger partial charge in [0.1, 0.15) is 0 Å². The summed E-state index contributed by atoms with van der Waals surface area (Å²) in [6, 6.07) is 9.70.